The predicted molar refractivity (Wildman–Crippen MR) is 67.8 cm³/mol. The van der Waals surface area contributed by atoms with Gasteiger partial charge in [-0.2, -0.15) is 0 Å². The van der Waals surface area contributed by atoms with E-state index in [4.69, 9.17) is 14.2 Å². The third kappa shape index (κ3) is 2.94. The van der Waals surface area contributed by atoms with E-state index in [9.17, 15) is 4.79 Å². The second kappa shape index (κ2) is 5.76. The van der Waals surface area contributed by atoms with Crippen LogP contribution in [0.5, 0.6) is 17.2 Å². The highest BCUT2D eigenvalue weighted by Gasteiger charge is 2.21. The first-order chi connectivity index (χ1) is 8.78. The molecule has 0 amide bonds. The van der Waals surface area contributed by atoms with Gasteiger partial charge in [0, 0.05) is 5.56 Å². The molecule has 1 fully saturated rings. The van der Waals surface area contributed by atoms with Crippen molar-refractivity contribution < 1.29 is 19.0 Å². The van der Waals surface area contributed by atoms with E-state index in [1.54, 1.807) is 26.4 Å². The van der Waals surface area contributed by atoms with Gasteiger partial charge in [0.15, 0.2) is 11.5 Å². The van der Waals surface area contributed by atoms with E-state index in [2.05, 4.69) is 0 Å². The van der Waals surface area contributed by atoms with Gasteiger partial charge in [0.05, 0.1) is 20.8 Å². The first-order valence-corrected chi connectivity index (χ1v) is 6.12. The van der Waals surface area contributed by atoms with Gasteiger partial charge in [-0.3, -0.25) is 4.79 Å². The monoisotopic (exact) mass is 250 g/mol. The van der Waals surface area contributed by atoms with Gasteiger partial charge in [-0.15, -0.1) is 0 Å². The Kier molecular flexibility index (Phi) is 4.07. The van der Waals surface area contributed by atoms with Crippen molar-refractivity contribution in [2.75, 3.05) is 20.8 Å². The van der Waals surface area contributed by atoms with Gasteiger partial charge < -0.3 is 14.2 Å². The number of carbonyl (C=O) groups excluding carboxylic acids is 1. The molecule has 0 aromatic heterocycles. The summed E-state index contributed by atoms with van der Waals surface area (Å²) in [5.74, 6) is 2.46. The molecule has 1 saturated carbocycles. The van der Waals surface area contributed by atoms with Crippen LogP contribution in [0.2, 0.25) is 0 Å². The molecule has 4 nitrogen and oxygen atoms in total. The molecule has 0 bridgehead atoms. The zero-order valence-corrected chi connectivity index (χ0v) is 10.8. The van der Waals surface area contributed by atoms with Gasteiger partial charge in [-0.1, -0.05) is 12.8 Å². The van der Waals surface area contributed by atoms with E-state index in [1.807, 2.05) is 0 Å². The van der Waals surface area contributed by atoms with Crippen LogP contribution in [0.4, 0.5) is 0 Å². The van der Waals surface area contributed by atoms with Crippen LogP contribution in [-0.2, 0) is 0 Å². The minimum absolute atomic E-state index is 0.512. The molecule has 0 radical (unpaired) electrons. The zero-order chi connectivity index (χ0) is 13.0. The highest BCUT2D eigenvalue weighted by Crippen LogP contribution is 2.39. The van der Waals surface area contributed by atoms with Crippen LogP contribution in [0.15, 0.2) is 12.1 Å². The van der Waals surface area contributed by atoms with Crippen LogP contribution < -0.4 is 14.2 Å². The van der Waals surface area contributed by atoms with Crippen LogP contribution >= 0.6 is 0 Å². The number of rotatable bonds is 7. The van der Waals surface area contributed by atoms with E-state index in [1.165, 1.54) is 12.8 Å². The van der Waals surface area contributed by atoms with Crippen molar-refractivity contribution >= 4 is 6.29 Å². The van der Waals surface area contributed by atoms with Crippen LogP contribution in [-0.4, -0.2) is 27.1 Å². The minimum Gasteiger partial charge on any atom is -0.493 e. The van der Waals surface area contributed by atoms with E-state index in [0.717, 1.165) is 18.6 Å². The van der Waals surface area contributed by atoms with E-state index >= 15 is 0 Å². The number of methoxy groups -OCH3 is 2. The maximum absolute atomic E-state index is 10.8. The normalized spacial score (nSPS) is 14.1. The highest BCUT2D eigenvalue weighted by atomic mass is 16.5. The summed E-state index contributed by atoms with van der Waals surface area (Å²) < 4.78 is 16.2. The number of carbonyl (C=O) groups is 1. The third-order valence-electron chi connectivity index (χ3n) is 3.09. The summed E-state index contributed by atoms with van der Waals surface area (Å²) in [7, 11) is 3.11. The Balaban J connectivity index is 2.15. The summed E-state index contributed by atoms with van der Waals surface area (Å²) in [5.41, 5.74) is 0.512. The average molecular weight is 250 g/mol. The molecule has 98 valence electrons. The number of hydrogen-bond donors (Lipinski definition) is 0. The number of ether oxygens (including phenoxy) is 3. The maximum atomic E-state index is 10.8. The average Bonchev–Trinajstić information content (AvgIpc) is 3.22. The van der Waals surface area contributed by atoms with Crippen LogP contribution in [0.1, 0.15) is 29.6 Å². The predicted octanol–water partition coefficient (Wildman–Crippen LogP) is 2.70. The van der Waals surface area contributed by atoms with Crippen LogP contribution in [0.25, 0.3) is 0 Å². The molecule has 0 aliphatic heterocycles. The van der Waals surface area contributed by atoms with E-state index in [0.29, 0.717) is 29.4 Å². The van der Waals surface area contributed by atoms with Crippen molar-refractivity contribution in [1.29, 1.82) is 0 Å². The summed E-state index contributed by atoms with van der Waals surface area (Å²) >= 11 is 0. The molecule has 0 spiro atoms. The molecule has 0 N–H and O–H groups in total. The van der Waals surface area contributed by atoms with Crippen LogP contribution in [0, 0.1) is 5.92 Å². The fourth-order valence-electron chi connectivity index (χ4n) is 1.84. The lowest BCUT2D eigenvalue weighted by Gasteiger charge is -2.14. The molecular weight excluding hydrogens is 232 g/mol. The topological polar surface area (TPSA) is 44.8 Å². The van der Waals surface area contributed by atoms with Gasteiger partial charge in [0.2, 0.25) is 5.75 Å². The molecule has 1 aromatic carbocycles. The summed E-state index contributed by atoms with van der Waals surface area (Å²) in [6, 6.07) is 3.31. The second-order valence-electron chi connectivity index (χ2n) is 4.45. The Labute approximate surface area is 107 Å². The van der Waals surface area contributed by atoms with Crippen molar-refractivity contribution in [1.82, 2.24) is 0 Å². The lowest BCUT2D eigenvalue weighted by molar-refractivity contribution is 0.112. The van der Waals surface area contributed by atoms with Gasteiger partial charge >= 0.3 is 0 Å². The highest BCUT2D eigenvalue weighted by molar-refractivity contribution is 5.78. The minimum atomic E-state index is 0.512. The number of hydrogen-bond acceptors (Lipinski definition) is 4. The SMILES string of the molecule is COc1cc(C=O)cc(OC)c1OCCC1CC1. The Bertz CT molecular complexity index is 399. The van der Waals surface area contributed by atoms with Crippen molar-refractivity contribution in [2.24, 2.45) is 5.92 Å². The molecule has 0 heterocycles. The molecule has 0 unspecified atom stereocenters. The number of benzene rings is 1. The lowest BCUT2D eigenvalue weighted by Crippen LogP contribution is -2.03. The Morgan fingerprint density at radius 1 is 1.22 bits per heavy atom. The molecule has 0 saturated heterocycles. The van der Waals surface area contributed by atoms with Crippen molar-refractivity contribution in [3.05, 3.63) is 17.7 Å². The largest absolute Gasteiger partial charge is 0.493 e. The van der Waals surface area contributed by atoms with Gasteiger partial charge in [-0.05, 0) is 24.5 Å². The fraction of sp³-hybridized carbons (Fsp3) is 0.500. The van der Waals surface area contributed by atoms with E-state index < -0.39 is 0 Å². The number of aldehydes is 1. The molecule has 1 aromatic rings. The van der Waals surface area contributed by atoms with Crippen LogP contribution in [0.3, 0.4) is 0 Å². The Hall–Kier alpha value is -1.71. The van der Waals surface area contributed by atoms with Crippen molar-refractivity contribution in [2.45, 2.75) is 19.3 Å². The molecule has 18 heavy (non-hydrogen) atoms. The van der Waals surface area contributed by atoms with Gasteiger partial charge in [-0.25, -0.2) is 0 Å². The Morgan fingerprint density at radius 3 is 2.28 bits per heavy atom. The fourth-order valence-corrected chi connectivity index (χ4v) is 1.84. The van der Waals surface area contributed by atoms with Crippen molar-refractivity contribution in [3.63, 3.8) is 0 Å². The first kappa shape index (κ1) is 12.7. The Morgan fingerprint density at radius 2 is 1.83 bits per heavy atom. The maximum Gasteiger partial charge on any atom is 0.203 e. The zero-order valence-electron chi connectivity index (χ0n) is 10.8. The molecular formula is C14H18O4. The molecule has 4 heteroatoms. The van der Waals surface area contributed by atoms with Gasteiger partial charge in [0.1, 0.15) is 6.29 Å². The smallest absolute Gasteiger partial charge is 0.203 e. The summed E-state index contributed by atoms with van der Waals surface area (Å²) in [6.45, 7) is 0.651. The standard InChI is InChI=1S/C14H18O4/c1-16-12-7-11(9-15)8-13(17-2)14(12)18-6-5-10-3-4-10/h7-10H,3-6H2,1-2H3. The first-order valence-electron chi connectivity index (χ1n) is 6.12. The quantitative estimate of drug-likeness (QED) is 0.698. The third-order valence-corrected chi connectivity index (χ3v) is 3.09. The molecule has 1 aliphatic rings. The molecule has 2 rings (SSSR count). The summed E-state index contributed by atoms with van der Waals surface area (Å²) in [4.78, 5) is 10.8. The summed E-state index contributed by atoms with van der Waals surface area (Å²) in [6.07, 6.45) is 4.43. The summed E-state index contributed by atoms with van der Waals surface area (Å²) in [5, 5.41) is 0. The van der Waals surface area contributed by atoms with Gasteiger partial charge in [0.25, 0.3) is 0 Å². The van der Waals surface area contributed by atoms with E-state index in [-0.39, 0.29) is 0 Å². The second-order valence-corrected chi connectivity index (χ2v) is 4.45. The molecule has 1 aliphatic carbocycles. The lowest BCUT2D eigenvalue weighted by atomic mass is 10.2. The van der Waals surface area contributed by atoms with Crippen molar-refractivity contribution in [3.8, 4) is 17.2 Å². The molecule has 0 atom stereocenters.